The Labute approximate surface area is 302 Å². The second kappa shape index (κ2) is 15.2. The average molecular weight is 706 g/mol. The van der Waals surface area contributed by atoms with Gasteiger partial charge in [-0.2, -0.15) is 10.2 Å². The zero-order valence-electron chi connectivity index (χ0n) is 30.9. The Kier molecular flexibility index (Phi) is 10.5. The van der Waals surface area contributed by atoms with E-state index in [2.05, 4.69) is 26.1 Å². The summed E-state index contributed by atoms with van der Waals surface area (Å²) in [5.74, 6) is 0.378. The molecule has 0 aliphatic carbocycles. The molecule has 6 rings (SSSR count). The summed E-state index contributed by atoms with van der Waals surface area (Å²) in [5.41, 5.74) is 7.22. The molecule has 0 aliphatic heterocycles. The number of carbonyl (C=O) groups excluding carboxylic acids is 3. The Morgan fingerprint density at radius 1 is 0.712 bits per heavy atom. The van der Waals surface area contributed by atoms with Crippen molar-refractivity contribution in [2.75, 3.05) is 16.0 Å². The van der Waals surface area contributed by atoms with Crippen LogP contribution in [0.1, 0.15) is 84.9 Å². The van der Waals surface area contributed by atoms with Gasteiger partial charge in [-0.05, 0) is 95.3 Å². The maximum absolute atomic E-state index is 13.6. The number of unbranched alkanes of at least 4 members (excludes halogenated alkanes) is 1. The largest absolute Gasteiger partial charge is 0.324 e. The predicted molar refractivity (Wildman–Crippen MR) is 203 cm³/mol. The highest BCUT2D eigenvalue weighted by atomic mass is 16.2. The molecule has 3 N–H and O–H groups in total. The summed E-state index contributed by atoms with van der Waals surface area (Å²) in [7, 11) is 0. The van der Waals surface area contributed by atoms with E-state index in [1.165, 1.54) is 0 Å². The van der Waals surface area contributed by atoms with Gasteiger partial charge in [0.1, 0.15) is 16.9 Å². The van der Waals surface area contributed by atoms with Crippen LogP contribution < -0.4 is 16.0 Å². The molecular weight excluding hydrogens is 658 g/mol. The summed E-state index contributed by atoms with van der Waals surface area (Å²) >= 11 is 0. The number of rotatable bonds is 14. The Morgan fingerprint density at radius 3 is 1.87 bits per heavy atom. The van der Waals surface area contributed by atoms with E-state index >= 15 is 0 Å². The van der Waals surface area contributed by atoms with Crippen LogP contribution in [0.4, 0.5) is 17.6 Å². The first kappa shape index (κ1) is 36.0. The molecule has 2 aromatic carbocycles. The van der Waals surface area contributed by atoms with Crippen molar-refractivity contribution >= 4 is 57.4 Å². The zero-order chi connectivity index (χ0) is 37.1. The van der Waals surface area contributed by atoms with E-state index in [1.54, 1.807) is 21.5 Å². The van der Waals surface area contributed by atoms with Crippen LogP contribution in [0.5, 0.6) is 0 Å². The molecule has 52 heavy (non-hydrogen) atoms. The number of anilines is 3. The molecule has 4 aromatic heterocycles. The quantitative estimate of drug-likeness (QED) is 0.106. The molecule has 0 aliphatic rings. The Morgan fingerprint density at radius 2 is 1.29 bits per heavy atom. The van der Waals surface area contributed by atoms with Gasteiger partial charge in [0.05, 0.1) is 33.6 Å². The third-order valence-electron chi connectivity index (χ3n) is 8.88. The molecule has 0 spiro atoms. The van der Waals surface area contributed by atoms with Crippen molar-refractivity contribution in [3.8, 4) is 0 Å². The number of nitrogens with one attached hydrogen (secondary N) is 3. The van der Waals surface area contributed by atoms with Gasteiger partial charge >= 0.3 is 0 Å². The molecule has 0 saturated carbocycles. The molecule has 0 bridgehead atoms. The number of hydrogen-bond donors (Lipinski definition) is 3. The van der Waals surface area contributed by atoms with Gasteiger partial charge in [0.15, 0.2) is 0 Å². The number of fused-ring (bicyclic) bond motifs is 2. The zero-order valence-corrected chi connectivity index (χ0v) is 30.9. The van der Waals surface area contributed by atoms with Gasteiger partial charge < -0.3 is 14.5 Å². The van der Waals surface area contributed by atoms with Crippen LogP contribution in [0.25, 0.3) is 22.1 Å². The first-order valence-electron chi connectivity index (χ1n) is 17.9. The molecule has 14 nitrogen and oxygen atoms in total. The summed E-state index contributed by atoms with van der Waals surface area (Å²) in [4.78, 5) is 49.4. The lowest BCUT2D eigenvalue weighted by Crippen LogP contribution is -2.20. The third-order valence-corrected chi connectivity index (χ3v) is 8.88. The van der Waals surface area contributed by atoms with E-state index in [0.29, 0.717) is 73.5 Å². The van der Waals surface area contributed by atoms with E-state index in [9.17, 15) is 14.4 Å². The molecule has 4 heterocycles. The fourth-order valence-corrected chi connectivity index (χ4v) is 6.51. The Balaban J connectivity index is 1.27. The van der Waals surface area contributed by atoms with Gasteiger partial charge in [0, 0.05) is 32.6 Å². The van der Waals surface area contributed by atoms with Crippen LogP contribution in [0, 0.1) is 26.7 Å². The van der Waals surface area contributed by atoms with Gasteiger partial charge in [-0.1, -0.05) is 26.0 Å². The molecule has 0 saturated heterocycles. The van der Waals surface area contributed by atoms with Crippen LogP contribution in [-0.2, 0) is 31.0 Å². The lowest BCUT2D eigenvalue weighted by molar-refractivity contribution is -0.116. The molecule has 3 amide bonds. The highest BCUT2D eigenvalue weighted by molar-refractivity contribution is 6.05. The molecular formula is C38H47N11O3. The molecule has 0 fully saturated rings. The van der Waals surface area contributed by atoms with Crippen LogP contribution >= 0.6 is 0 Å². The number of aromatic nitrogens is 8. The van der Waals surface area contributed by atoms with Crippen molar-refractivity contribution < 1.29 is 14.4 Å². The van der Waals surface area contributed by atoms with Crippen LogP contribution in [0.15, 0.2) is 48.5 Å². The number of para-hydroxylation sites is 1. The summed E-state index contributed by atoms with van der Waals surface area (Å²) in [6, 6.07) is 15.3. The Bertz CT molecular complexity index is 2270. The van der Waals surface area contributed by atoms with Crippen molar-refractivity contribution in [1.29, 1.82) is 0 Å². The smallest absolute Gasteiger partial charge is 0.276 e. The molecule has 14 heteroatoms. The van der Waals surface area contributed by atoms with E-state index in [1.807, 2.05) is 94.0 Å². The lowest BCUT2D eigenvalue weighted by Gasteiger charge is -2.13. The van der Waals surface area contributed by atoms with Crippen molar-refractivity contribution in [3.05, 3.63) is 76.9 Å². The lowest BCUT2D eigenvalue weighted by atomic mass is 10.1. The standard InChI is InChI=1S/C38H47N11O3/c1-8-48-31(21-25(6)44-48)35(51)42-37-40-28-20-24(5)15-16-29(28)46(37)17-10-11-18-47-30-14-12-13-27(39-33(50)19-23(3)4)34(30)41-38(47)43-36(52)32-22-26(7)45-49(32)9-2/h12-16,20-23H,8-11,17-19H2,1-7H3,(H,39,50)(H,40,42,51)(H,41,43,52). The first-order valence-corrected chi connectivity index (χ1v) is 17.9. The second-order valence-corrected chi connectivity index (χ2v) is 13.6. The number of imidazole rings is 2. The normalized spacial score (nSPS) is 11.5. The van der Waals surface area contributed by atoms with Crippen LogP contribution in [0.2, 0.25) is 0 Å². The van der Waals surface area contributed by atoms with E-state index in [0.717, 1.165) is 39.9 Å². The number of benzene rings is 2. The maximum atomic E-state index is 13.6. The van der Waals surface area contributed by atoms with Crippen molar-refractivity contribution in [3.63, 3.8) is 0 Å². The molecule has 272 valence electrons. The minimum atomic E-state index is -0.315. The monoisotopic (exact) mass is 705 g/mol. The van der Waals surface area contributed by atoms with Gasteiger partial charge in [-0.25, -0.2) is 9.97 Å². The van der Waals surface area contributed by atoms with Crippen molar-refractivity contribution in [2.45, 2.75) is 93.9 Å². The highest BCUT2D eigenvalue weighted by Crippen LogP contribution is 2.29. The van der Waals surface area contributed by atoms with Gasteiger partial charge in [-0.3, -0.25) is 34.4 Å². The van der Waals surface area contributed by atoms with Crippen molar-refractivity contribution in [1.82, 2.24) is 38.7 Å². The third kappa shape index (κ3) is 7.60. The van der Waals surface area contributed by atoms with Crippen LogP contribution in [0.3, 0.4) is 0 Å². The van der Waals surface area contributed by atoms with Gasteiger partial charge in [0.2, 0.25) is 17.8 Å². The molecule has 0 radical (unpaired) electrons. The van der Waals surface area contributed by atoms with Crippen molar-refractivity contribution in [2.24, 2.45) is 5.92 Å². The molecule has 0 unspecified atom stereocenters. The predicted octanol–water partition coefficient (Wildman–Crippen LogP) is 6.71. The van der Waals surface area contributed by atoms with E-state index in [4.69, 9.17) is 9.97 Å². The number of carbonyl (C=O) groups is 3. The summed E-state index contributed by atoms with van der Waals surface area (Å²) in [6.45, 7) is 15.9. The number of hydrogen-bond acceptors (Lipinski definition) is 7. The molecule has 6 aromatic rings. The fourth-order valence-electron chi connectivity index (χ4n) is 6.51. The topological polar surface area (TPSA) is 159 Å². The number of aryl methyl sites for hydroxylation is 7. The first-order chi connectivity index (χ1) is 24.9. The number of nitrogens with zero attached hydrogens (tertiary/aromatic N) is 8. The number of amides is 3. The van der Waals surface area contributed by atoms with Gasteiger partial charge in [0.25, 0.3) is 11.8 Å². The van der Waals surface area contributed by atoms with E-state index < -0.39 is 0 Å². The maximum Gasteiger partial charge on any atom is 0.276 e. The van der Waals surface area contributed by atoms with E-state index in [-0.39, 0.29) is 23.6 Å². The summed E-state index contributed by atoms with van der Waals surface area (Å²) in [6.07, 6.45) is 1.83. The SMILES string of the molecule is CCn1nc(C)cc1C(=O)Nc1nc2cc(C)ccc2n1CCCCn1c(NC(=O)c2cc(C)nn2CC)nc2c(NC(=O)CC(C)C)cccc21. The highest BCUT2D eigenvalue weighted by Gasteiger charge is 2.21. The molecule has 0 atom stereocenters. The minimum absolute atomic E-state index is 0.0927. The summed E-state index contributed by atoms with van der Waals surface area (Å²) < 4.78 is 7.38. The van der Waals surface area contributed by atoms with Crippen LogP contribution in [-0.4, -0.2) is 56.4 Å². The second-order valence-electron chi connectivity index (χ2n) is 13.6. The minimum Gasteiger partial charge on any atom is -0.324 e. The Hall–Kier alpha value is -5.79. The average Bonchev–Trinajstić information content (AvgIpc) is 3.85. The fraction of sp³-hybridized carbons (Fsp3) is 0.395. The van der Waals surface area contributed by atoms with Gasteiger partial charge in [-0.15, -0.1) is 0 Å². The summed E-state index contributed by atoms with van der Waals surface area (Å²) in [5, 5.41) is 18.0.